The van der Waals surface area contributed by atoms with Crippen molar-refractivity contribution in [2.75, 3.05) is 31.1 Å². The number of piperazine rings is 1. The molecule has 4 nitrogen and oxygen atoms in total. The molecule has 0 aliphatic carbocycles. The Morgan fingerprint density at radius 3 is 2.30 bits per heavy atom. The van der Waals surface area contributed by atoms with Crippen molar-refractivity contribution in [2.24, 2.45) is 5.73 Å². The smallest absolute Gasteiger partial charge is 0.124 e. The van der Waals surface area contributed by atoms with E-state index in [4.69, 9.17) is 22.7 Å². The lowest BCUT2D eigenvalue weighted by atomic mass is 10.0. The molecule has 1 aromatic rings. The fourth-order valence-corrected chi connectivity index (χ4v) is 2.79. The highest BCUT2D eigenvalue weighted by Crippen LogP contribution is 2.26. The second-order valence-corrected chi connectivity index (χ2v) is 6.66. The Morgan fingerprint density at radius 1 is 1.20 bits per heavy atom. The van der Waals surface area contributed by atoms with Gasteiger partial charge in [0, 0.05) is 48.0 Å². The molecule has 0 aromatic heterocycles. The van der Waals surface area contributed by atoms with Gasteiger partial charge < -0.3 is 10.6 Å². The Morgan fingerprint density at radius 2 is 1.80 bits per heavy atom. The average molecular weight is 295 g/mol. The zero-order chi connectivity index (χ0) is 14.9. The molecule has 0 radical (unpaired) electrons. The van der Waals surface area contributed by atoms with E-state index in [1.807, 2.05) is 12.1 Å². The lowest BCUT2D eigenvalue weighted by Gasteiger charge is -2.43. The fourth-order valence-electron chi connectivity index (χ4n) is 2.62. The van der Waals surface area contributed by atoms with Crippen LogP contribution in [0.4, 0.5) is 5.69 Å². The van der Waals surface area contributed by atoms with Crippen LogP contribution in [0.3, 0.4) is 0 Å². The first kappa shape index (κ1) is 15.1. The molecule has 2 rings (SSSR count). The summed E-state index contributed by atoms with van der Waals surface area (Å²) >= 11 is 6.00. The number of benzene rings is 1. The first-order chi connectivity index (χ1) is 9.29. The number of hydrogen-bond acceptors (Lipinski definition) is 3. The normalized spacial score (nSPS) is 17.3. The Hall–Kier alpha value is -1.26. The lowest BCUT2D eigenvalue weighted by Crippen LogP contribution is -2.53. The minimum Gasteiger partial charge on any atom is -0.384 e. The second-order valence-electron chi connectivity index (χ2n) is 6.22. The molecule has 0 saturated carbocycles. The van der Waals surface area contributed by atoms with Crippen molar-refractivity contribution in [1.82, 2.24) is 4.90 Å². The van der Waals surface area contributed by atoms with Gasteiger partial charge in [0.2, 0.25) is 0 Å². The molecule has 1 aliphatic heterocycles. The van der Waals surface area contributed by atoms with E-state index in [-0.39, 0.29) is 11.4 Å². The third-order valence-corrected chi connectivity index (χ3v) is 4.05. The van der Waals surface area contributed by atoms with E-state index < -0.39 is 0 Å². The molecule has 0 spiro atoms. The number of nitrogens with two attached hydrogens (primary N) is 1. The molecular formula is C15H23ClN4. The minimum atomic E-state index is 0.0701. The number of hydrogen-bond donors (Lipinski definition) is 2. The molecule has 1 heterocycles. The summed E-state index contributed by atoms with van der Waals surface area (Å²) in [5, 5.41) is 8.33. The highest BCUT2D eigenvalue weighted by Gasteiger charge is 2.26. The molecule has 1 saturated heterocycles. The molecule has 20 heavy (non-hydrogen) atoms. The van der Waals surface area contributed by atoms with Crippen LogP contribution in [0.2, 0.25) is 5.02 Å². The van der Waals surface area contributed by atoms with Gasteiger partial charge in [0.15, 0.2) is 0 Å². The second kappa shape index (κ2) is 5.62. The Labute approximate surface area is 126 Å². The highest BCUT2D eigenvalue weighted by molar-refractivity contribution is 6.31. The van der Waals surface area contributed by atoms with Crippen LogP contribution in [0, 0.1) is 5.41 Å². The van der Waals surface area contributed by atoms with Crippen molar-refractivity contribution in [2.45, 2.75) is 26.3 Å². The number of rotatable bonds is 2. The van der Waals surface area contributed by atoms with Crippen molar-refractivity contribution >= 4 is 23.1 Å². The maximum Gasteiger partial charge on any atom is 0.124 e. The standard InChI is InChI=1S/C15H23ClN4/c1-15(2,3)20-8-6-19(7-9-20)13-5-4-11(16)10-12(13)14(17)18/h4-5,10H,6-9H2,1-3H3,(H3,17,18). The van der Waals surface area contributed by atoms with Crippen LogP contribution in [0.15, 0.2) is 18.2 Å². The van der Waals surface area contributed by atoms with Gasteiger partial charge in [-0.05, 0) is 39.0 Å². The van der Waals surface area contributed by atoms with Gasteiger partial charge in [-0.15, -0.1) is 0 Å². The molecule has 0 unspecified atom stereocenters. The van der Waals surface area contributed by atoms with Crippen molar-refractivity contribution in [3.63, 3.8) is 0 Å². The maximum absolute atomic E-state index is 7.71. The first-order valence-corrected chi connectivity index (χ1v) is 7.31. The Bertz CT molecular complexity index is 499. The predicted octanol–water partition coefficient (Wildman–Crippen LogP) is 2.54. The number of nitrogen functional groups attached to an aromatic ring is 1. The van der Waals surface area contributed by atoms with Crippen molar-refractivity contribution in [1.29, 1.82) is 5.41 Å². The monoisotopic (exact) mass is 294 g/mol. The van der Waals surface area contributed by atoms with Crippen molar-refractivity contribution < 1.29 is 0 Å². The van der Waals surface area contributed by atoms with E-state index in [9.17, 15) is 0 Å². The minimum absolute atomic E-state index is 0.0701. The SMILES string of the molecule is CC(C)(C)N1CCN(c2ccc(Cl)cc2C(=N)N)CC1. The van der Waals surface area contributed by atoms with Gasteiger partial charge in [-0.1, -0.05) is 11.6 Å². The van der Waals surface area contributed by atoms with E-state index in [1.165, 1.54) is 0 Å². The van der Waals surface area contributed by atoms with Crippen LogP contribution in [-0.4, -0.2) is 42.5 Å². The van der Waals surface area contributed by atoms with Gasteiger partial charge in [0.05, 0.1) is 0 Å². The quantitative estimate of drug-likeness (QED) is 0.651. The van der Waals surface area contributed by atoms with Crippen LogP contribution < -0.4 is 10.6 Å². The number of amidine groups is 1. The topological polar surface area (TPSA) is 56.4 Å². The average Bonchev–Trinajstić information content (AvgIpc) is 2.37. The van der Waals surface area contributed by atoms with E-state index >= 15 is 0 Å². The fraction of sp³-hybridized carbons (Fsp3) is 0.533. The Balaban J connectivity index is 2.17. The highest BCUT2D eigenvalue weighted by atomic mass is 35.5. The van der Waals surface area contributed by atoms with Gasteiger partial charge in [-0.2, -0.15) is 0 Å². The first-order valence-electron chi connectivity index (χ1n) is 6.93. The molecular weight excluding hydrogens is 272 g/mol. The summed E-state index contributed by atoms with van der Waals surface area (Å²) in [5.41, 5.74) is 7.61. The molecule has 0 bridgehead atoms. The summed E-state index contributed by atoms with van der Waals surface area (Å²) < 4.78 is 0. The van der Waals surface area contributed by atoms with E-state index in [1.54, 1.807) is 6.07 Å². The van der Waals surface area contributed by atoms with Crippen molar-refractivity contribution in [3.05, 3.63) is 28.8 Å². The summed E-state index contributed by atoms with van der Waals surface area (Å²) in [4.78, 5) is 4.77. The Kier molecular flexibility index (Phi) is 4.25. The molecule has 1 aliphatic rings. The van der Waals surface area contributed by atoms with Crippen molar-refractivity contribution in [3.8, 4) is 0 Å². The van der Waals surface area contributed by atoms with Crippen LogP contribution >= 0.6 is 11.6 Å². The number of halogens is 1. The zero-order valence-electron chi connectivity index (χ0n) is 12.4. The molecule has 1 fully saturated rings. The summed E-state index contributed by atoms with van der Waals surface area (Å²) in [6, 6.07) is 5.60. The maximum atomic E-state index is 7.71. The van der Waals surface area contributed by atoms with Crippen LogP contribution in [0.5, 0.6) is 0 Å². The van der Waals surface area contributed by atoms with Gasteiger partial charge in [-0.3, -0.25) is 10.3 Å². The van der Waals surface area contributed by atoms with E-state index in [0.717, 1.165) is 37.4 Å². The number of anilines is 1. The van der Waals surface area contributed by atoms with Gasteiger partial charge in [0.25, 0.3) is 0 Å². The van der Waals surface area contributed by atoms with Crippen LogP contribution in [0.1, 0.15) is 26.3 Å². The molecule has 110 valence electrons. The van der Waals surface area contributed by atoms with E-state index in [2.05, 4.69) is 30.6 Å². The van der Waals surface area contributed by atoms with Gasteiger partial charge >= 0.3 is 0 Å². The molecule has 0 atom stereocenters. The lowest BCUT2D eigenvalue weighted by molar-refractivity contribution is 0.128. The molecule has 3 N–H and O–H groups in total. The van der Waals surface area contributed by atoms with Crippen LogP contribution in [0.25, 0.3) is 0 Å². The number of nitrogens with zero attached hydrogens (tertiary/aromatic N) is 2. The third-order valence-electron chi connectivity index (χ3n) is 3.82. The third kappa shape index (κ3) is 3.25. The summed E-state index contributed by atoms with van der Waals surface area (Å²) in [6.07, 6.45) is 0. The summed E-state index contributed by atoms with van der Waals surface area (Å²) in [5.74, 6) is 0.0701. The zero-order valence-corrected chi connectivity index (χ0v) is 13.2. The summed E-state index contributed by atoms with van der Waals surface area (Å²) in [6.45, 7) is 10.6. The van der Waals surface area contributed by atoms with Crippen LogP contribution in [-0.2, 0) is 0 Å². The van der Waals surface area contributed by atoms with E-state index in [0.29, 0.717) is 5.02 Å². The van der Waals surface area contributed by atoms with Gasteiger partial charge in [-0.25, -0.2) is 0 Å². The molecule has 1 aromatic carbocycles. The molecule has 5 heteroatoms. The largest absolute Gasteiger partial charge is 0.384 e. The number of nitrogens with one attached hydrogen (secondary N) is 1. The summed E-state index contributed by atoms with van der Waals surface area (Å²) in [7, 11) is 0. The van der Waals surface area contributed by atoms with Gasteiger partial charge in [0.1, 0.15) is 5.84 Å². The predicted molar refractivity (Wildman–Crippen MR) is 86.0 cm³/mol. The molecule has 0 amide bonds.